The van der Waals surface area contributed by atoms with Crippen molar-refractivity contribution in [2.75, 3.05) is 25.6 Å². The van der Waals surface area contributed by atoms with Gasteiger partial charge in [-0.2, -0.15) is 0 Å². The molecule has 3 rings (SSSR count). The largest absolute Gasteiger partial charge is 0.385 e. The molecule has 1 aliphatic heterocycles. The van der Waals surface area contributed by atoms with Gasteiger partial charge in [0.25, 0.3) is 0 Å². The molecule has 0 bridgehead atoms. The van der Waals surface area contributed by atoms with Crippen molar-refractivity contribution in [3.05, 3.63) is 59.2 Å². The van der Waals surface area contributed by atoms with Gasteiger partial charge in [0.05, 0.1) is 5.69 Å². The van der Waals surface area contributed by atoms with E-state index in [0.29, 0.717) is 24.7 Å². The standard InChI is InChI=1S/C24H29N3O3S/c1-16-10-11-18(3)20(14-16)25-22(28)15-21-23(29)27(12-7-13-30-4)24(31-21)26-19-9-6-5-8-17(19)2/h5-6,8-11,14,21H,7,12-13,15H2,1-4H3,(H,25,28)/t21-/m1/s1. The van der Waals surface area contributed by atoms with Crippen molar-refractivity contribution in [1.29, 1.82) is 0 Å². The fraction of sp³-hybridized carbons (Fsp3) is 0.375. The lowest BCUT2D eigenvalue weighted by Gasteiger charge is -2.16. The monoisotopic (exact) mass is 439 g/mol. The molecule has 2 amide bonds. The second kappa shape index (κ2) is 10.6. The van der Waals surface area contributed by atoms with Crippen molar-refractivity contribution in [3.63, 3.8) is 0 Å². The maximum absolute atomic E-state index is 13.1. The molecule has 0 spiro atoms. The molecule has 164 valence electrons. The van der Waals surface area contributed by atoms with Crippen LogP contribution in [0.5, 0.6) is 0 Å². The lowest BCUT2D eigenvalue weighted by molar-refractivity contribution is -0.128. The van der Waals surface area contributed by atoms with Gasteiger partial charge in [-0.1, -0.05) is 42.1 Å². The summed E-state index contributed by atoms with van der Waals surface area (Å²) in [6.45, 7) is 7.00. The molecule has 1 fully saturated rings. The second-order valence-corrected chi connectivity index (χ2v) is 8.86. The van der Waals surface area contributed by atoms with Crippen molar-refractivity contribution in [3.8, 4) is 0 Å². The van der Waals surface area contributed by atoms with Crippen LogP contribution in [-0.4, -0.2) is 47.4 Å². The van der Waals surface area contributed by atoms with E-state index in [-0.39, 0.29) is 18.2 Å². The highest BCUT2D eigenvalue weighted by Gasteiger charge is 2.39. The van der Waals surface area contributed by atoms with Crippen LogP contribution in [0.15, 0.2) is 47.5 Å². The zero-order valence-corrected chi connectivity index (χ0v) is 19.3. The Morgan fingerprint density at radius 3 is 2.68 bits per heavy atom. The minimum absolute atomic E-state index is 0.0791. The number of benzene rings is 2. The maximum atomic E-state index is 13.1. The van der Waals surface area contributed by atoms with Crippen LogP contribution in [0.25, 0.3) is 0 Å². The number of hydrogen-bond donors (Lipinski definition) is 1. The number of nitrogens with zero attached hydrogens (tertiary/aromatic N) is 2. The minimum Gasteiger partial charge on any atom is -0.385 e. The molecule has 1 heterocycles. The minimum atomic E-state index is -0.490. The summed E-state index contributed by atoms with van der Waals surface area (Å²) in [5.74, 6) is -0.252. The number of aryl methyl sites for hydroxylation is 3. The first-order chi connectivity index (χ1) is 14.9. The van der Waals surface area contributed by atoms with Crippen LogP contribution in [0.1, 0.15) is 29.5 Å². The van der Waals surface area contributed by atoms with Gasteiger partial charge in [-0.15, -0.1) is 0 Å². The molecule has 1 N–H and O–H groups in total. The number of methoxy groups -OCH3 is 1. The van der Waals surface area contributed by atoms with Crippen molar-refractivity contribution in [2.24, 2.45) is 4.99 Å². The van der Waals surface area contributed by atoms with E-state index >= 15 is 0 Å². The fourth-order valence-electron chi connectivity index (χ4n) is 3.33. The third kappa shape index (κ3) is 5.95. The van der Waals surface area contributed by atoms with E-state index in [9.17, 15) is 9.59 Å². The number of amidine groups is 1. The summed E-state index contributed by atoms with van der Waals surface area (Å²) in [5.41, 5.74) is 4.72. The number of nitrogens with one attached hydrogen (secondary N) is 1. The van der Waals surface area contributed by atoms with E-state index in [4.69, 9.17) is 9.73 Å². The van der Waals surface area contributed by atoms with Gasteiger partial charge in [-0.3, -0.25) is 14.5 Å². The highest BCUT2D eigenvalue weighted by Crippen LogP contribution is 2.33. The second-order valence-electron chi connectivity index (χ2n) is 7.69. The molecule has 0 unspecified atom stereocenters. The quantitative estimate of drug-likeness (QED) is 0.610. The number of para-hydroxylation sites is 1. The van der Waals surface area contributed by atoms with Gasteiger partial charge in [0.15, 0.2) is 5.17 Å². The first-order valence-corrected chi connectivity index (χ1v) is 11.3. The number of amides is 2. The van der Waals surface area contributed by atoms with Gasteiger partial charge in [0, 0.05) is 32.4 Å². The summed E-state index contributed by atoms with van der Waals surface area (Å²) in [5, 5.41) is 3.10. The molecule has 2 aromatic rings. The lowest BCUT2D eigenvalue weighted by atomic mass is 10.1. The number of hydrogen-bond acceptors (Lipinski definition) is 5. The molecule has 0 radical (unpaired) electrons. The highest BCUT2D eigenvalue weighted by atomic mass is 32.2. The Hall–Kier alpha value is -2.64. The van der Waals surface area contributed by atoms with E-state index < -0.39 is 5.25 Å². The van der Waals surface area contributed by atoms with E-state index in [2.05, 4.69) is 5.32 Å². The molecular weight excluding hydrogens is 410 g/mol. The topological polar surface area (TPSA) is 71.0 Å². The molecular formula is C24H29N3O3S. The van der Waals surface area contributed by atoms with Crippen molar-refractivity contribution < 1.29 is 14.3 Å². The molecule has 1 atom stereocenters. The zero-order chi connectivity index (χ0) is 22.4. The molecule has 2 aromatic carbocycles. The van der Waals surface area contributed by atoms with Crippen LogP contribution in [0.2, 0.25) is 0 Å². The normalized spacial score (nSPS) is 17.4. The molecule has 1 saturated heterocycles. The Balaban J connectivity index is 1.76. The summed E-state index contributed by atoms with van der Waals surface area (Å²) >= 11 is 1.36. The van der Waals surface area contributed by atoms with E-state index in [0.717, 1.165) is 28.1 Å². The van der Waals surface area contributed by atoms with Crippen molar-refractivity contribution in [2.45, 2.75) is 38.9 Å². The number of aliphatic imine (C=N–C) groups is 1. The Morgan fingerprint density at radius 2 is 1.94 bits per heavy atom. The number of ether oxygens (including phenoxy) is 1. The van der Waals surface area contributed by atoms with Gasteiger partial charge in [0.1, 0.15) is 5.25 Å². The van der Waals surface area contributed by atoms with Crippen molar-refractivity contribution in [1.82, 2.24) is 4.90 Å². The molecule has 1 aliphatic rings. The van der Waals surface area contributed by atoms with E-state index in [1.54, 1.807) is 12.0 Å². The van der Waals surface area contributed by atoms with Crippen LogP contribution in [-0.2, 0) is 14.3 Å². The van der Waals surface area contributed by atoms with Gasteiger partial charge < -0.3 is 10.1 Å². The van der Waals surface area contributed by atoms with Gasteiger partial charge in [-0.25, -0.2) is 4.99 Å². The molecule has 6 nitrogen and oxygen atoms in total. The van der Waals surface area contributed by atoms with Crippen LogP contribution in [0.3, 0.4) is 0 Å². The SMILES string of the molecule is COCCCN1C(=O)[C@@H](CC(=O)Nc2cc(C)ccc2C)SC1=Nc1ccccc1C. The Morgan fingerprint density at radius 1 is 1.16 bits per heavy atom. The fourth-order valence-corrected chi connectivity index (χ4v) is 4.51. The molecule has 7 heteroatoms. The number of rotatable bonds is 8. The molecule has 31 heavy (non-hydrogen) atoms. The average Bonchev–Trinajstić information content (AvgIpc) is 3.01. The third-order valence-corrected chi connectivity index (χ3v) is 6.30. The first-order valence-electron chi connectivity index (χ1n) is 10.4. The highest BCUT2D eigenvalue weighted by molar-refractivity contribution is 8.15. The van der Waals surface area contributed by atoms with Crippen molar-refractivity contribution >= 4 is 40.1 Å². The number of carbonyl (C=O) groups excluding carboxylic acids is 2. The van der Waals surface area contributed by atoms with Gasteiger partial charge >= 0.3 is 0 Å². The third-order valence-electron chi connectivity index (χ3n) is 5.12. The van der Waals surface area contributed by atoms with Gasteiger partial charge in [-0.05, 0) is 56.0 Å². The van der Waals surface area contributed by atoms with E-state index in [1.165, 1.54) is 11.8 Å². The van der Waals surface area contributed by atoms with Crippen LogP contribution in [0, 0.1) is 20.8 Å². The summed E-state index contributed by atoms with van der Waals surface area (Å²) in [4.78, 5) is 32.2. The summed E-state index contributed by atoms with van der Waals surface area (Å²) in [6, 6.07) is 13.7. The smallest absolute Gasteiger partial charge is 0.242 e. The molecule has 0 saturated carbocycles. The van der Waals surface area contributed by atoms with Crippen LogP contribution < -0.4 is 5.32 Å². The lowest BCUT2D eigenvalue weighted by Crippen LogP contribution is -2.34. The molecule has 0 aliphatic carbocycles. The number of anilines is 1. The number of thioether (sulfide) groups is 1. The van der Waals surface area contributed by atoms with Crippen LogP contribution >= 0.6 is 11.8 Å². The first kappa shape index (κ1) is 23.0. The van der Waals surface area contributed by atoms with Gasteiger partial charge in [0.2, 0.25) is 11.8 Å². The van der Waals surface area contributed by atoms with E-state index in [1.807, 2.05) is 63.2 Å². The summed E-state index contributed by atoms with van der Waals surface area (Å²) in [7, 11) is 1.64. The predicted octanol–water partition coefficient (Wildman–Crippen LogP) is 4.61. The Kier molecular flexibility index (Phi) is 7.87. The number of carbonyl (C=O) groups is 2. The predicted molar refractivity (Wildman–Crippen MR) is 127 cm³/mol. The summed E-state index contributed by atoms with van der Waals surface area (Å²) in [6.07, 6.45) is 0.807. The zero-order valence-electron chi connectivity index (χ0n) is 18.5. The molecule has 0 aromatic heterocycles. The Labute approximate surface area is 188 Å². The van der Waals surface area contributed by atoms with Crippen LogP contribution in [0.4, 0.5) is 11.4 Å². The Bertz CT molecular complexity index is 990. The average molecular weight is 440 g/mol. The summed E-state index contributed by atoms with van der Waals surface area (Å²) < 4.78 is 5.14. The maximum Gasteiger partial charge on any atom is 0.242 e.